The molecule has 1 aromatic heterocycles. The van der Waals surface area contributed by atoms with Gasteiger partial charge in [0.2, 0.25) is 5.78 Å². The van der Waals surface area contributed by atoms with Gasteiger partial charge in [-0.05, 0) is 47.6 Å². The van der Waals surface area contributed by atoms with Crippen molar-refractivity contribution in [3.05, 3.63) is 35.2 Å². The zero-order valence-corrected chi connectivity index (χ0v) is 22.1. The van der Waals surface area contributed by atoms with Gasteiger partial charge in [-0.2, -0.15) is 0 Å². The van der Waals surface area contributed by atoms with Gasteiger partial charge >= 0.3 is 17.9 Å². The number of methoxy groups -OCH3 is 1. The third kappa shape index (κ3) is 3.98. The molecule has 0 spiro atoms. The number of esters is 3. The first-order valence-corrected chi connectivity index (χ1v) is 13.3. The summed E-state index contributed by atoms with van der Waals surface area (Å²) >= 11 is 1.34. The molecule has 3 fully saturated rings. The van der Waals surface area contributed by atoms with E-state index in [2.05, 4.69) is 0 Å². The van der Waals surface area contributed by atoms with Crippen molar-refractivity contribution in [3.8, 4) is 0 Å². The Balaban J connectivity index is 1.54. The molecule has 1 aliphatic heterocycles. The first-order chi connectivity index (χ1) is 17.5. The molecule has 2 heterocycles. The van der Waals surface area contributed by atoms with E-state index in [-0.39, 0.29) is 24.4 Å². The molecule has 8 nitrogen and oxygen atoms in total. The van der Waals surface area contributed by atoms with Gasteiger partial charge in [0, 0.05) is 24.0 Å². The Morgan fingerprint density at radius 2 is 1.84 bits per heavy atom. The van der Waals surface area contributed by atoms with Crippen molar-refractivity contribution in [3.63, 3.8) is 0 Å². The van der Waals surface area contributed by atoms with Crippen LogP contribution in [0.25, 0.3) is 10.1 Å². The molecule has 2 saturated carbocycles. The summed E-state index contributed by atoms with van der Waals surface area (Å²) in [5.74, 6) is -4.33. The van der Waals surface area contributed by atoms with Gasteiger partial charge in [0.25, 0.3) is 0 Å². The Hall–Kier alpha value is -3.07. The summed E-state index contributed by atoms with van der Waals surface area (Å²) in [6, 6.07) is 9.43. The molecule has 0 unspecified atom stereocenters. The lowest BCUT2D eigenvalue weighted by Gasteiger charge is -2.60. The highest BCUT2D eigenvalue weighted by molar-refractivity contribution is 7.20. The van der Waals surface area contributed by atoms with E-state index in [4.69, 9.17) is 14.2 Å². The summed E-state index contributed by atoms with van der Waals surface area (Å²) in [6.07, 6.45) is -1.14. The van der Waals surface area contributed by atoms with E-state index in [0.717, 1.165) is 10.1 Å². The van der Waals surface area contributed by atoms with Crippen LogP contribution in [0.4, 0.5) is 0 Å². The highest BCUT2D eigenvalue weighted by atomic mass is 32.1. The smallest absolute Gasteiger partial charge is 0.310 e. The number of carbonyl (C=O) groups is 5. The van der Waals surface area contributed by atoms with Gasteiger partial charge in [0.05, 0.1) is 23.8 Å². The number of rotatable bonds is 4. The third-order valence-electron chi connectivity index (χ3n) is 8.86. The van der Waals surface area contributed by atoms with E-state index in [1.54, 1.807) is 6.07 Å². The van der Waals surface area contributed by atoms with Crippen LogP contribution in [0.15, 0.2) is 30.3 Å². The first kappa shape index (κ1) is 25.6. The van der Waals surface area contributed by atoms with E-state index in [1.165, 1.54) is 25.4 Å². The van der Waals surface area contributed by atoms with Gasteiger partial charge < -0.3 is 14.2 Å². The topological polar surface area (TPSA) is 113 Å². The molecule has 3 aliphatic rings. The highest BCUT2D eigenvalue weighted by Gasteiger charge is 2.68. The van der Waals surface area contributed by atoms with Crippen LogP contribution in [0.5, 0.6) is 0 Å². The van der Waals surface area contributed by atoms with Crippen LogP contribution in [0.1, 0.15) is 56.1 Å². The highest BCUT2D eigenvalue weighted by Crippen LogP contribution is 2.64. The molecule has 2 aromatic rings. The summed E-state index contributed by atoms with van der Waals surface area (Å²) in [5, 5.41) is 0.930. The minimum absolute atomic E-state index is 0.0351. The lowest BCUT2D eigenvalue weighted by Crippen LogP contribution is -2.65. The molecule has 0 bridgehead atoms. The summed E-state index contributed by atoms with van der Waals surface area (Å²) in [5.41, 5.74) is -1.80. The standard InChI is InChI=1S/C28H30O8S/c1-14(29)35-18-12-17(25(32)34-4)27(2)10-9-16-26(33)36-19(13-28(16,3)24(27)23(18)31)22(30)21-11-15-7-5-6-8-20(15)37-21/h5-8,11,16-19,24H,9-10,12-13H2,1-4H3/t16-,17-,18-,19-,24-,27-,28-/m0/s1. The summed E-state index contributed by atoms with van der Waals surface area (Å²) in [6.45, 7) is 4.94. The van der Waals surface area contributed by atoms with Crippen molar-refractivity contribution in [1.29, 1.82) is 0 Å². The van der Waals surface area contributed by atoms with Crippen LogP contribution < -0.4 is 0 Å². The SMILES string of the molecule is COC(=O)[C@@H]1C[C@H](OC(C)=O)C(=O)[C@H]2[C@@]1(C)CC[C@H]1C(=O)O[C@H](C(=O)c3cc4ccccc4s3)C[C@]21C. The number of fused-ring (bicyclic) bond motifs is 4. The van der Waals surface area contributed by atoms with Crippen molar-refractivity contribution in [2.24, 2.45) is 28.6 Å². The quantitative estimate of drug-likeness (QED) is 0.332. The molecular weight excluding hydrogens is 496 g/mol. The van der Waals surface area contributed by atoms with Gasteiger partial charge in [0.15, 0.2) is 18.0 Å². The van der Waals surface area contributed by atoms with E-state index in [1.807, 2.05) is 38.1 Å². The second kappa shape index (κ2) is 9.04. The Labute approximate surface area is 218 Å². The number of ketones is 2. The number of ether oxygens (including phenoxy) is 3. The van der Waals surface area contributed by atoms with E-state index in [0.29, 0.717) is 17.7 Å². The molecule has 5 rings (SSSR count). The monoisotopic (exact) mass is 526 g/mol. The Morgan fingerprint density at radius 1 is 1.11 bits per heavy atom. The molecule has 0 radical (unpaired) electrons. The minimum Gasteiger partial charge on any atom is -0.469 e. The van der Waals surface area contributed by atoms with Crippen LogP contribution in [0.2, 0.25) is 0 Å². The summed E-state index contributed by atoms with van der Waals surface area (Å²) < 4.78 is 17.1. The molecule has 9 heteroatoms. The number of Topliss-reactive ketones (excluding diaryl/α,β-unsaturated/α-hetero) is 2. The lowest BCUT2D eigenvalue weighted by atomic mass is 9.43. The fourth-order valence-electron chi connectivity index (χ4n) is 7.23. The summed E-state index contributed by atoms with van der Waals surface area (Å²) in [4.78, 5) is 66.0. The van der Waals surface area contributed by atoms with Crippen molar-refractivity contribution in [2.45, 2.75) is 58.7 Å². The van der Waals surface area contributed by atoms with Crippen LogP contribution in [0, 0.1) is 28.6 Å². The first-order valence-electron chi connectivity index (χ1n) is 12.5. The van der Waals surface area contributed by atoms with Gasteiger partial charge in [0.1, 0.15) is 0 Å². The van der Waals surface area contributed by atoms with Gasteiger partial charge in [-0.1, -0.05) is 32.0 Å². The van der Waals surface area contributed by atoms with Crippen LogP contribution in [-0.2, 0) is 33.4 Å². The van der Waals surface area contributed by atoms with Gasteiger partial charge in [-0.3, -0.25) is 24.0 Å². The number of benzene rings is 1. The molecule has 1 aromatic carbocycles. The largest absolute Gasteiger partial charge is 0.469 e. The maximum Gasteiger partial charge on any atom is 0.310 e. The molecule has 37 heavy (non-hydrogen) atoms. The number of carbonyl (C=O) groups excluding carboxylic acids is 5. The van der Waals surface area contributed by atoms with Gasteiger partial charge in [-0.25, -0.2) is 0 Å². The molecule has 1 saturated heterocycles. The molecule has 196 valence electrons. The minimum atomic E-state index is -1.12. The predicted octanol–water partition coefficient (Wildman–Crippen LogP) is 4.13. The second-order valence-corrected chi connectivity index (χ2v) is 12.1. The van der Waals surface area contributed by atoms with Crippen LogP contribution >= 0.6 is 11.3 Å². The van der Waals surface area contributed by atoms with Crippen molar-refractivity contribution in [1.82, 2.24) is 0 Å². The zero-order valence-electron chi connectivity index (χ0n) is 21.3. The second-order valence-electron chi connectivity index (χ2n) is 11.0. The normalized spacial score (nSPS) is 35.2. The maximum absolute atomic E-state index is 13.9. The number of hydrogen-bond donors (Lipinski definition) is 0. The lowest BCUT2D eigenvalue weighted by molar-refractivity contribution is -0.206. The van der Waals surface area contributed by atoms with E-state index < -0.39 is 58.7 Å². The molecule has 2 aliphatic carbocycles. The molecule has 0 amide bonds. The van der Waals surface area contributed by atoms with Crippen molar-refractivity contribution >= 4 is 50.9 Å². The van der Waals surface area contributed by atoms with Gasteiger partial charge in [-0.15, -0.1) is 11.3 Å². The Kier molecular flexibility index (Phi) is 6.25. The Bertz CT molecular complexity index is 1280. The van der Waals surface area contributed by atoms with Crippen LogP contribution in [-0.4, -0.2) is 48.8 Å². The number of thiophene rings is 1. The predicted molar refractivity (Wildman–Crippen MR) is 134 cm³/mol. The van der Waals surface area contributed by atoms with E-state index in [9.17, 15) is 24.0 Å². The average molecular weight is 527 g/mol. The molecular formula is C28H30O8S. The molecule has 7 atom stereocenters. The van der Waals surface area contributed by atoms with Crippen molar-refractivity contribution < 1.29 is 38.2 Å². The van der Waals surface area contributed by atoms with Crippen molar-refractivity contribution in [2.75, 3.05) is 7.11 Å². The molecule has 0 N–H and O–H groups in total. The fraction of sp³-hybridized carbons (Fsp3) is 0.536. The average Bonchev–Trinajstić information content (AvgIpc) is 3.28. The Morgan fingerprint density at radius 3 is 2.51 bits per heavy atom. The van der Waals surface area contributed by atoms with E-state index >= 15 is 0 Å². The maximum atomic E-state index is 13.9. The number of hydrogen-bond acceptors (Lipinski definition) is 9. The number of cyclic esters (lactones) is 1. The van der Waals surface area contributed by atoms with Crippen LogP contribution in [0.3, 0.4) is 0 Å². The zero-order chi connectivity index (χ0) is 26.7. The fourth-order valence-corrected chi connectivity index (χ4v) is 8.27. The third-order valence-corrected chi connectivity index (χ3v) is 9.99. The summed E-state index contributed by atoms with van der Waals surface area (Å²) in [7, 11) is 1.29.